The van der Waals surface area contributed by atoms with Crippen LogP contribution in [-0.4, -0.2) is 29.7 Å². The quantitative estimate of drug-likeness (QED) is 0.929. The molecule has 0 aliphatic carbocycles. The summed E-state index contributed by atoms with van der Waals surface area (Å²) >= 11 is 6.10. The maximum atomic E-state index is 12.4. The van der Waals surface area contributed by atoms with E-state index in [0.29, 0.717) is 24.5 Å². The predicted molar refractivity (Wildman–Crippen MR) is 84.4 cm³/mol. The molecule has 1 atom stereocenters. The van der Waals surface area contributed by atoms with Crippen LogP contribution in [0.2, 0.25) is 5.02 Å². The molecule has 1 aromatic carbocycles. The highest BCUT2D eigenvalue weighted by atomic mass is 35.5. The van der Waals surface area contributed by atoms with E-state index in [-0.39, 0.29) is 11.6 Å². The van der Waals surface area contributed by atoms with Gasteiger partial charge in [0.1, 0.15) is 5.60 Å². The Hall–Kier alpha value is -1.26. The number of halogens is 1. The second kappa shape index (κ2) is 5.85. The highest BCUT2D eigenvalue weighted by molar-refractivity contribution is 6.30. The van der Waals surface area contributed by atoms with Crippen molar-refractivity contribution in [2.75, 3.05) is 13.1 Å². The fourth-order valence-corrected chi connectivity index (χ4v) is 2.99. The monoisotopic (exact) mass is 310 g/mol. The molecule has 0 bridgehead atoms. The van der Waals surface area contributed by atoms with E-state index < -0.39 is 5.60 Å². The van der Waals surface area contributed by atoms with Crippen molar-refractivity contribution in [1.29, 1.82) is 0 Å². The molecule has 1 heterocycles. The van der Waals surface area contributed by atoms with Crippen molar-refractivity contribution in [1.82, 2.24) is 4.90 Å². The molecule has 1 unspecified atom stereocenters. The van der Waals surface area contributed by atoms with Gasteiger partial charge in [-0.1, -0.05) is 23.7 Å². The molecule has 1 saturated heterocycles. The molecule has 5 heteroatoms. The first-order valence-electron chi connectivity index (χ1n) is 7.25. The lowest BCUT2D eigenvalue weighted by Gasteiger charge is -2.53. The molecule has 4 nitrogen and oxygen atoms in total. The van der Waals surface area contributed by atoms with Gasteiger partial charge in [0.15, 0.2) is 0 Å². The third kappa shape index (κ3) is 3.33. The summed E-state index contributed by atoms with van der Waals surface area (Å²) in [7, 11) is 0. The molecule has 1 aromatic rings. The number of carbonyl (C=O) groups excluding carboxylic acids is 1. The van der Waals surface area contributed by atoms with Crippen molar-refractivity contribution in [3.63, 3.8) is 0 Å². The van der Waals surface area contributed by atoms with Crippen LogP contribution < -0.4 is 5.73 Å². The van der Waals surface area contributed by atoms with Crippen LogP contribution in [0.4, 0.5) is 4.79 Å². The molecule has 2 N–H and O–H groups in total. The third-order valence-corrected chi connectivity index (χ3v) is 4.03. The van der Waals surface area contributed by atoms with Crippen LogP contribution >= 0.6 is 11.6 Å². The lowest BCUT2D eigenvalue weighted by molar-refractivity contribution is -0.0504. The molecule has 0 radical (unpaired) electrons. The van der Waals surface area contributed by atoms with E-state index in [0.717, 1.165) is 12.0 Å². The Morgan fingerprint density at radius 2 is 2.19 bits per heavy atom. The van der Waals surface area contributed by atoms with Crippen molar-refractivity contribution in [3.05, 3.63) is 34.9 Å². The van der Waals surface area contributed by atoms with Crippen molar-refractivity contribution < 1.29 is 9.53 Å². The Morgan fingerprint density at radius 1 is 1.48 bits per heavy atom. The summed E-state index contributed by atoms with van der Waals surface area (Å²) in [6, 6.07) is 7.64. The Morgan fingerprint density at radius 3 is 2.67 bits per heavy atom. The predicted octanol–water partition coefficient (Wildman–Crippen LogP) is 3.52. The number of hydrogen-bond donors (Lipinski definition) is 1. The van der Waals surface area contributed by atoms with Crippen molar-refractivity contribution in [3.8, 4) is 0 Å². The molecule has 21 heavy (non-hydrogen) atoms. The van der Waals surface area contributed by atoms with Gasteiger partial charge in [0, 0.05) is 11.6 Å². The second-order valence-electron chi connectivity index (χ2n) is 6.46. The van der Waals surface area contributed by atoms with Gasteiger partial charge in [-0.05, 0) is 57.9 Å². The minimum absolute atomic E-state index is 0.290. The van der Waals surface area contributed by atoms with E-state index in [2.05, 4.69) is 0 Å². The SMILES string of the molecule is CC(C)(C)OC(=O)N1CCC1(CCN)c1cccc(Cl)c1. The fourth-order valence-electron chi connectivity index (χ4n) is 2.80. The van der Waals surface area contributed by atoms with E-state index in [1.54, 1.807) is 4.90 Å². The van der Waals surface area contributed by atoms with E-state index in [1.165, 1.54) is 0 Å². The zero-order valence-electron chi connectivity index (χ0n) is 12.9. The van der Waals surface area contributed by atoms with Crippen LogP contribution in [0, 0.1) is 0 Å². The molecule has 2 rings (SSSR count). The number of amides is 1. The lowest BCUT2D eigenvalue weighted by Crippen LogP contribution is -2.61. The molecule has 1 amide bonds. The van der Waals surface area contributed by atoms with Crippen molar-refractivity contribution in [2.24, 2.45) is 5.73 Å². The zero-order chi connectivity index (χ0) is 15.7. The molecule has 0 aromatic heterocycles. The Bertz CT molecular complexity index is 527. The smallest absolute Gasteiger partial charge is 0.411 e. The minimum Gasteiger partial charge on any atom is -0.444 e. The van der Waals surface area contributed by atoms with E-state index >= 15 is 0 Å². The van der Waals surface area contributed by atoms with Gasteiger partial charge in [-0.15, -0.1) is 0 Å². The van der Waals surface area contributed by atoms with E-state index in [9.17, 15) is 4.79 Å². The number of ether oxygens (including phenoxy) is 1. The number of carbonyl (C=O) groups is 1. The number of likely N-dealkylation sites (tertiary alicyclic amines) is 1. The van der Waals surface area contributed by atoms with E-state index in [1.807, 2.05) is 45.0 Å². The molecule has 1 fully saturated rings. The van der Waals surface area contributed by atoms with Crippen LogP contribution in [0.25, 0.3) is 0 Å². The fraction of sp³-hybridized carbons (Fsp3) is 0.562. The Labute approximate surface area is 131 Å². The molecular weight excluding hydrogens is 288 g/mol. The number of nitrogens with two attached hydrogens (primary N) is 1. The number of benzene rings is 1. The third-order valence-electron chi connectivity index (χ3n) is 3.80. The van der Waals surface area contributed by atoms with Gasteiger partial charge in [0.25, 0.3) is 0 Å². The lowest BCUT2D eigenvalue weighted by atomic mass is 9.76. The Balaban J connectivity index is 2.29. The highest BCUT2D eigenvalue weighted by Gasteiger charge is 2.49. The van der Waals surface area contributed by atoms with Gasteiger partial charge < -0.3 is 10.5 Å². The molecule has 0 saturated carbocycles. The average Bonchev–Trinajstić information content (AvgIpc) is 2.32. The Kier molecular flexibility index (Phi) is 4.49. The molecule has 0 spiro atoms. The number of hydrogen-bond acceptors (Lipinski definition) is 3. The average molecular weight is 311 g/mol. The minimum atomic E-state index is -0.505. The first-order valence-corrected chi connectivity index (χ1v) is 7.63. The summed E-state index contributed by atoms with van der Waals surface area (Å²) in [5.74, 6) is 0. The second-order valence-corrected chi connectivity index (χ2v) is 6.90. The van der Waals surface area contributed by atoms with Crippen LogP contribution in [0.15, 0.2) is 24.3 Å². The zero-order valence-corrected chi connectivity index (χ0v) is 13.6. The molecule has 1 aliphatic heterocycles. The van der Waals surface area contributed by atoms with Gasteiger partial charge in [0.05, 0.1) is 5.54 Å². The summed E-state index contributed by atoms with van der Waals surface area (Å²) in [5, 5.41) is 0.667. The first kappa shape index (κ1) is 16.1. The summed E-state index contributed by atoms with van der Waals surface area (Å²) in [5.41, 5.74) is 5.91. The van der Waals surface area contributed by atoms with Gasteiger partial charge in [0.2, 0.25) is 0 Å². The maximum Gasteiger partial charge on any atom is 0.411 e. The molecular formula is C16H23ClN2O2. The summed E-state index contributed by atoms with van der Waals surface area (Å²) in [6.07, 6.45) is 1.29. The van der Waals surface area contributed by atoms with Gasteiger partial charge in [-0.25, -0.2) is 4.79 Å². The standard InChI is InChI=1S/C16H23ClN2O2/c1-15(2,3)21-14(20)19-10-8-16(19,7-9-18)12-5-4-6-13(17)11-12/h4-6,11H,7-10,18H2,1-3H3. The molecule has 116 valence electrons. The van der Waals surface area contributed by atoms with Crippen LogP contribution in [0.5, 0.6) is 0 Å². The van der Waals surface area contributed by atoms with Crippen LogP contribution in [0.1, 0.15) is 39.2 Å². The van der Waals surface area contributed by atoms with E-state index in [4.69, 9.17) is 22.1 Å². The van der Waals surface area contributed by atoms with Gasteiger partial charge in [-0.2, -0.15) is 0 Å². The highest BCUT2D eigenvalue weighted by Crippen LogP contribution is 2.44. The summed E-state index contributed by atoms with van der Waals surface area (Å²) < 4.78 is 5.51. The summed E-state index contributed by atoms with van der Waals surface area (Å²) in [4.78, 5) is 14.2. The largest absolute Gasteiger partial charge is 0.444 e. The number of nitrogens with zero attached hydrogens (tertiary/aromatic N) is 1. The van der Waals surface area contributed by atoms with Crippen molar-refractivity contribution in [2.45, 2.75) is 44.8 Å². The normalized spacial score (nSPS) is 21.9. The molecule has 1 aliphatic rings. The number of rotatable bonds is 3. The van der Waals surface area contributed by atoms with Crippen LogP contribution in [0.3, 0.4) is 0 Å². The van der Waals surface area contributed by atoms with Crippen molar-refractivity contribution >= 4 is 17.7 Å². The van der Waals surface area contributed by atoms with Gasteiger partial charge >= 0.3 is 6.09 Å². The maximum absolute atomic E-state index is 12.4. The van der Waals surface area contributed by atoms with Crippen LogP contribution in [-0.2, 0) is 10.3 Å². The summed E-state index contributed by atoms with van der Waals surface area (Å²) in [6.45, 7) is 6.80. The first-order chi connectivity index (χ1) is 9.78. The topological polar surface area (TPSA) is 55.6 Å². The van der Waals surface area contributed by atoms with Gasteiger partial charge in [-0.3, -0.25) is 4.90 Å².